The van der Waals surface area contributed by atoms with Crippen molar-refractivity contribution in [2.24, 2.45) is 0 Å². The summed E-state index contributed by atoms with van der Waals surface area (Å²) in [7, 11) is 3.09. The predicted molar refractivity (Wildman–Crippen MR) is 442 cm³/mol. The molecule has 0 aromatic carbocycles. The van der Waals surface area contributed by atoms with E-state index in [4.69, 9.17) is 37.9 Å². The fraction of sp³-hybridized carbons (Fsp3) is 0.595. The topological polar surface area (TPSA) is 421 Å². The van der Waals surface area contributed by atoms with Gasteiger partial charge in [-0.1, -0.05) is 32.9 Å². The van der Waals surface area contributed by atoms with Crippen LogP contribution in [0, 0.1) is 0 Å². The maximum absolute atomic E-state index is 11.3. The highest BCUT2D eigenvalue weighted by molar-refractivity contribution is 7.73. The van der Waals surface area contributed by atoms with E-state index < -0.39 is 143 Å². The molecule has 11 aliphatic heterocycles. The number of aliphatic hydroxyl groups excluding tert-OH is 6. The number of aliphatic hydroxyl groups is 7. The number of amides is 10. The molecule has 35 heteroatoms. The minimum atomic E-state index is -1.45. The molecule has 6 fully saturated rings. The van der Waals surface area contributed by atoms with Crippen LogP contribution in [0.5, 0.6) is 0 Å². The molecule has 2 bridgehead atoms. The second-order valence-electron chi connectivity index (χ2n) is 32.8. The van der Waals surface area contributed by atoms with E-state index in [0.717, 1.165) is 50.1 Å². The lowest BCUT2D eigenvalue weighted by Crippen LogP contribution is -2.49. The number of rotatable bonds is 22. The molecule has 20 atom stereocenters. The largest absolute Gasteiger partial charge is 0.388 e. The predicted octanol–water partition coefficient (Wildman–Crippen LogP) is 3.53. The molecule has 6 saturated heterocycles. The van der Waals surface area contributed by atoms with Crippen LogP contribution < -0.4 is 53.2 Å². The Kier molecular flexibility index (Phi) is 30.7. The summed E-state index contributed by atoms with van der Waals surface area (Å²) in [5.74, 6) is 0. The molecule has 109 heavy (non-hydrogen) atoms. The highest BCUT2D eigenvalue weighted by Gasteiger charge is 2.62. The lowest BCUT2D eigenvalue weighted by molar-refractivity contribution is -0.132. The highest BCUT2D eigenvalue weighted by atomic mass is 31.2. The van der Waals surface area contributed by atoms with Gasteiger partial charge in [0.05, 0.1) is 31.0 Å². The molecule has 11 rings (SSSR count). The van der Waals surface area contributed by atoms with Crippen molar-refractivity contribution in [2.75, 3.05) is 118 Å². The zero-order valence-electron chi connectivity index (χ0n) is 65.3. The van der Waals surface area contributed by atoms with Crippen LogP contribution in [0.4, 0.5) is 24.0 Å². The normalized spacial score (nSPS) is 34.4. The lowest BCUT2D eigenvalue weighted by Gasteiger charge is -2.34. The molecule has 11 aliphatic rings. The second-order valence-corrected chi connectivity index (χ2v) is 54.4. The highest BCUT2D eigenvalue weighted by Crippen LogP contribution is 2.50. The molecule has 0 aliphatic carbocycles. The Morgan fingerprint density at radius 3 is 1.06 bits per heavy atom. The molecule has 0 saturated carbocycles. The number of fused-ring (bicyclic) bond motifs is 2. The summed E-state index contributed by atoms with van der Waals surface area (Å²) in [5.41, 5.74) is 3.22. The number of hydrogen-bond acceptors (Lipinski definition) is 20. The average molecular weight is 1630 g/mol. The van der Waals surface area contributed by atoms with E-state index in [0.29, 0.717) is 75.8 Å². The van der Waals surface area contributed by atoms with E-state index in [2.05, 4.69) is 184 Å². The van der Waals surface area contributed by atoms with Gasteiger partial charge in [0.1, 0.15) is 96.7 Å². The number of carbonyl (C=O) groups excluding carboxylic acids is 5. The fourth-order valence-corrected chi connectivity index (χ4v) is 18.5. The third kappa shape index (κ3) is 24.1. The Morgan fingerprint density at radius 2 is 0.725 bits per heavy atom. The van der Waals surface area contributed by atoms with Crippen molar-refractivity contribution < 1.29 is 97.6 Å². The Hall–Kier alpha value is -5.35. The Balaban J connectivity index is 0.000000190. The van der Waals surface area contributed by atoms with Gasteiger partial charge in [-0.25, -0.2) is 24.0 Å². The van der Waals surface area contributed by atoms with Gasteiger partial charge in [-0.15, -0.1) is 65.9 Å². The Labute approximate surface area is 642 Å². The first kappa shape index (κ1) is 90.8. The summed E-state index contributed by atoms with van der Waals surface area (Å²) in [4.78, 5) is 56.3. The molecule has 0 spiro atoms. The molecule has 0 unspecified atom stereocenters. The number of urea groups is 5. The first-order chi connectivity index (χ1) is 50.4. The summed E-state index contributed by atoms with van der Waals surface area (Å²) < 4.78 is 46.5. The summed E-state index contributed by atoms with van der Waals surface area (Å²) in [6.07, 6.45) is 25.7. The number of methoxy groups -OCH3 is 2. The van der Waals surface area contributed by atoms with Gasteiger partial charge >= 0.3 is 30.2 Å². The zero-order valence-corrected chi connectivity index (χ0v) is 69.8. The van der Waals surface area contributed by atoms with Gasteiger partial charge in [0.25, 0.3) is 0 Å². The second kappa shape index (κ2) is 36.9. The molecule has 0 aromatic heterocycles. The van der Waals surface area contributed by atoms with Crippen LogP contribution in [-0.2, 0) is 37.9 Å². The van der Waals surface area contributed by atoms with Crippen LogP contribution in [0.25, 0.3) is 0 Å². The fourth-order valence-electron chi connectivity index (χ4n) is 13.7. The smallest absolute Gasteiger partial charge is 0.323 e. The first-order valence-electron chi connectivity index (χ1n) is 35.9. The Bertz CT molecular complexity index is 3740. The quantitative estimate of drug-likeness (QED) is 0.0689. The number of ether oxygens (including phenoxy) is 8. The summed E-state index contributed by atoms with van der Waals surface area (Å²) in [6, 6.07) is -1.75. The summed E-state index contributed by atoms with van der Waals surface area (Å²) in [6.45, 7) is 36.4. The molecule has 30 nitrogen and oxygen atoms in total. The first-order valence-corrected chi connectivity index (χ1v) is 51.1. The van der Waals surface area contributed by atoms with Gasteiger partial charge in [-0.05, 0) is 136 Å². The monoisotopic (exact) mass is 1620 g/mol. The minimum absolute atomic E-state index is 0.303. The number of hydrogen-bond donors (Lipinski definition) is 17. The van der Waals surface area contributed by atoms with Crippen molar-refractivity contribution in [3.8, 4) is 0 Å². The summed E-state index contributed by atoms with van der Waals surface area (Å²) >= 11 is 0. The molecule has 11 heterocycles. The third-order valence-corrected chi connectivity index (χ3v) is 27.3. The SMILES string of the molecule is C=C1NC(=O)NC=C1[C@@H]1O[C@@]2(CCP(=C)(C)C)CO[C@@H]1[C@@H]2O.C=C1NC(=O)NC=C1[C@@H]1O[C@H](CCP(=C)(C)C)[C@@H](O)[C@@]1(C)O.C=C1NC(=O)NC=C1[C@@H]1O[C@H](CCP(=C)(C)C)[C@@H](O)[C@H]1O.C=C1NC(=O)NC=C1[C@@H]1O[C@H](CCP(=C)(C)C)[C@@H](O)[C@H]1OC.C=C1NC(=O)NC=C1[C@@H]1O[C@H](CCP(=C)(C)C)[C@@H](O)[C@H]1OC. The average Bonchev–Trinajstić information content (AvgIpc) is 1.58. The van der Waals surface area contributed by atoms with Crippen LogP contribution in [0.2, 0.25) is 0 Å². The molecule has 17 N–H and O–H groups in total. The standard InChI is InChI=1S/C15H23N2O4P.3C15H25N2O4P.C14H23N2O4P/c1-9-10(7-16-14(19)17-9)11-12-13(18)15(21-11,8-20-12)5-6-22(2,3)4;1-9-10(8-16-14(19)17-9)13-15(2,20)12(18)11(21-13)6-7-22(3,4)5;2*1-9-10(8-16-15(19)17-9)13-14(20-2)12(18)11(21-13)6-7-22(3,4)5;1-8-9(7-15-14(19)16-8)13-12(18)11(17)10(20-13)5-6-21(2,3)4/h7,11-13,18H,1-2,5-6,8H2,3-4H3,(H2,16,17,19);8,11-13,18,20H,1,3,6-7H2,2,4-5H3,(H2,16,17,19);2*8,11-14,18H,1,3,6-7H2,2,4-5H3,(H2,16,17,19);7,10-13,17-18H,1-2,5-6H2,3-4H3,(H2,15,16,19)/t11-,12-,13-,15-;11-,12-,13+,15-;2*11-,12-,13+,14-;10-,11-,12-,13+/m01111/s1. The molecule has 0 radical (unpaired) electrons. The zero-order chi connectivity index (χ0) is 81.6. The van der Waals surface area contributed by atoms with E-state index in [9.17, 15) is 59.7 Å². The van der Waals surface area contributed by atoms with Crippen LogP contribution in [-0.4, -0.2) is 337 Å². The van der Waals surface area contributed by atoms with Crippen LogP contribution >= 0.6 is 34.4 Å². The molecule has 10 amide bonds. The summed E-state index contributed by atoms with van der Waals surface area (Å²) in [5, 5.41) is 98.5. The van der Waals surface area contributed by atoms with E-state index in [1.807, 2.05) is 0 Å². The Morgan fingerprint density at radius 1 is 0.422 bits per heavy atom. The molecule has 612 valence electrons. The van der Waals surface area contributed by atoms with Gasteiger partial charge < -0.3 is 127 Å². The van der Waals surface area contributed by atoms with E-state index >= 15 is 0 Å². The molecular formula is C74H121N10O20P5. The van der Waals surface area contributed by atoms with E-state index in [1.165, 1.54) is 19.3 Å². The van der Waals surface area contributed by atoms with Crippen molar-refractivity contribution in [3.63, 3.8) is 0 Å². The van der Waals surface area contributed by atoms with E-state index in [-0.39, 0.29) is 42.4 Å². The molecular weight excluding hydrogens is 1500 g/mol. The maximum atomic E-state index is 11.3. The van der Waals surface area contributed by atoms with Gasteiger partial charge in [0, 0.05) is 102 Å². The van der Waals surface area contributed by atoms with Crippen LogP contribution in [0.15, 0.2) is 120 Å². The molecule has 0 aromatic rings. The van der Waals surface area contributed by atoms with Crippen LogP contribution in [0.1, 0.15) is 39.0 Å². The minimum Gasteiger partial charge on any atom is -0.388 e. The van der Waals surface area contributed by atoms with Crippen molar-refractivity contribution in [1.82, 2.24) is 53.2 Å². The maximum Gasteiger partial charge on any atom is 0.323 e. The van der Waals surface area contributed by atoms with Crippen molar-refractivity contribution >= 4 is 96.1 Å². The third-order valence-electron chi connectivity index (χ3n) is 20.0. The van der Waals surface area contributed by atoms with Crippen molar-refractivity contribution in [1.29, 1.82) is 0 Å². The lowest BCUT2D eigenvalue weighted by atomic mass is 9.87. The number of nitrogens with one attached hydrogen (secondary N) is 10. The van der Waals surface area contributed by atoms with E-state index in [1.54, 1.807) is 32.8 Å². The van der Waals surface area contributed by atoms with Crippen LogP contribution in [0.3, 0.4) is 0 Å². The van der Waals surface area contributed by atoms with Crippen molar-refractivity contribution in [3.05, 3.63) is 120 Å². The number of carbonyl (C=O) groups is 5. The van der Waals surface area contributed by atoms with Gasteiger partial charge in [0.15, 0.2) is 0 Å². The van der Waals surface area contributed by atoms with Gasteiger partial charge in [-0.2, -0.15) is 0 Å². The van der Waals surface area contributed by atoms with Crippen molar-refractivity contribution in [2.45, 2.75) is 160 Å². The van der Waals surface area contributed by atoms with Gasteiger partial charge in [0.2, 0.25) is 0 Å². The van der Waals surface area contributed by atoms with Gasteiger partial charge in [-0.3, -0.25) is 0 Å².